The van der Waals surface area contributed by atoms with Crippen LogP contribution in [0.1, 0.15) is 11.6 Å². The van der Waals surface area contributed by atoms with Crippen molar-refractivity contribution in [3.8, 4) is 0 Å². The number of nitrogens with one attached hydrogen (secondary N) is 1. The summed E-state index contributed by atoms with van der Waals surface area (Å²) in [5, 5.41) is 2.88. The number of rotatable bonds is 6. The van der Waals surface area contributed by atoms with Gasteiger partial charge in [0.05, 0.1) is 13.2 Å². The summed E-state index contributed by atoms with van der Waals surface area (Å²) in [6.45, 7) is 4.35. The number of carbonyl (C=O) groups is 1. The van der Waals surface area contributed by atoms with Gasteiger partial charge < -0.3 is 19.9 Å². The van der Waals surface area contributed by atoms with Crippen LogP contribution in [0.3, 0.4) is 0 Å². The van der Waals surface area contributed by atoms with Crippen molar-refractivity contribution in [3.63, 3.8) is 0 Å². The molecule has 2 aromatic rings. The van der Waals surface area contributed by atoms with Gasteiger partial charge in [0.1, 0.15) is 0 Å². The van der Waals surface area contributed by atoms with Gasteiger partial charge in [-0.2, -0.15) is 0 Å². The molecule has 150 valence electrons. The van der Waals surface area contributed by atoms with Crippen molar-refractivity contribution in [1.82, 2.24) is 10.2 Å². The summed E-state index contributed by atoms with van der Waals surface area (Å²) < 4.78 is 4.77. The highest BCUT2D eigenvalue weighted by atomic mass is 16.5. The van der Waals surface area contributed by atoms with Crippen LogP contribution in [0.4, 0.5) is 16.2 Å². The van der Waals surface area contributed by atoms with Gasteiger partial charge in [0, 0.05) is 58.2 Å². The van der Waals surface area contributed by atoms with Crippen molar-refractivity contribution in [2.45, 2.75) is 6.04 Å². The Hall–Kier alpha value is -2.73. The van der Waals surface area contributed by atoms with E-state index in [1.54, 1.807) is 0 Å². The first-order chi connectivity index (χ1) is 13.6. The molecule has 28 heavy (non-hydrogen) atoms. The topological polar surface area (TPSA) is 48.1 Å². The number of nitrogens with zero attached hydrogens (tertiary/aromatic N) is 3. The lowest BCUT2D eigenvalue weighted by Crippen LogP contribution is -2.49. The van der Waals surface area contributed by atoms with Crippen molar-refractivity contribution in [1.29, 1.82) is 0 Å². The van der Waals surface area contributed by atoms with Crippen LogP contribution in [0.2, 0.25) is 0 Å². The summed E-state index contributed by atoms with van der Waals surface area (Å²) in [7, 11) is 5.47. The number of hydrogen-bond acceptors (Lipinski definition) is 5. The molecular weight excluding hydrogens is 352 g/mol. The highest BCUT2D eigenvalue weighted by Crippen LogP contribution is 2.25. The second-order valence-corrected chi connectivity index (χ2v) is 7.23. The molecule has 3 rings (SSSR count). The van der Waals surface area contributed by atoms with Gasteiger partial charge in [-0.05, 0) is 29.8 Å². The zero-order valence-corrected chi connectivity index (χ0v) is 17.0. The number of anilines is 2. The average Bonchev–Trinajstić information content (AvgIpc) is 2.75. The molecule has 0 spiro atoms. The molecule has 6 heteroatoms. The maximum Gasteiger partial charge on any atom is 0.406 e. The zero-order valence-electron chi connectivity index (χ0n) is 17.0. The lowest BCUT2D eigenvalue weighted by atomic mass is 10.0. The first-order valence-electron chi connectivity index (χ1n) is 9.71. The third-order valence-corrected chi connectivity index (χ3v) is 5.30. The summed E-state index contributed by atoms with van der Waals surface area (Å²) in [5.41, 5.74) is 3.63. The Kier molecular flexibility index (Phi) is 6.76. The molecule has 0 unspecified atom stereocenters. The van der Waals surface area contributed by atoms with Gasteiger partial charge in [0.15, 0.2) is 0 Å². The average molecular weight is 383 g/mol. The third-order valence-electron chi connectivity index (χ3n) is 5.30. The van der Waals surface area contributed by atoms with Crippen molar-refractivity contribution in [2.24, 2.45) is 0 Å². The summed E-state index contributed by atoms with van der Waals surface area (Å²) in [5.74, 6) is 0. The number of hydrogen-bond donors (Lipinski definition) is 1. The van der Waals surface area contributed by atoms with Crippen LogP contribution in [0, 0.1) is 0 Å². The molecule has 0 bridgehead atoms. The van der Waals surface area contributed by atoms with Crippen LogP contribution in [0.25, 0.3) is 0 Å². The summed E-state index contributed by atoms with van der Waals surface area (Å²) in [6, 6.07) is 19.2. The standard InChI is InChI=1S/C22H30N4O2/c1-24(2)19-11-9-18(10-12-19)21(17-23-22(27)28-3)26-15-13-25(14-16-26)20-7-5-4-6-8-20/h4-12,21H,13-17H2,1-3H3,(H,23,27)/t21-/m1/s1. The highest BCUT2D eigenvalue weighted by molar-refractivity contribution is 5.67. The van der Waals surface area contributed by atoms with E-state index in [0.717, 1.165) is 31.9 Å². The van der Waals surface area contributed by atoms with E-state index in [2.05, 4.69) is 68.5 Å². The molecule has 0 saturated carbocycles. The second-order valence-electron chi connectivity index (χ2n) is 7.23. The number of methoxy groups -OCH3 is 1. The van der Waals surface area contributed by atoms with Crippen LogP contribution in [0.5, 0.6) is 0 Å². The molecule has 1 amide bonds. The minimum Gasteiger partial charge on any atom is -0.453 e. The SMILES string of the molecule is COC(=O)NC[C@H](c1ccc(N(C)C)cc1)N1CCN(c2ccccc2)CC1. The number of para-hydroxylation sites is 1. The Bertz CT molecular complexity index is 741. The number of carbonyl (C=O) groups excluding carboxylic acids is 1. The van der Waals surface area contributed by atoms with E-state index in [4.69, 9.17) is 4.74 Å². The molecule has 1 atom stereocenters. The highest BCUT2D eigenvalue weighted by Gasteiger charge is 2.26. The molecule has 0 aromatic heterocycles. The Morgan fingerprint density at radius 2 is 1.68 bits per heavy atom. The van der Waals surface area contributed by atoms with Crippen LogP contribution in [0.15, 0.2) is 54.6 Å². The maximum absolute atomic E-state index is 11.6. The summed E-state index contributed by atoms with van der Waals surface area (Å²) in [4.78, 5) is 18.6. The van der Waals surface area contributed by atoms with Gasteiger partial charge in [-0.15, -0.1) is 0 Å². The van der Waals surface area contributed by atoms with Crippen molar-refractivity contribution >= 4 is 17.5 Å². The number of ether oxygens (including phenoxy) is 1. The van der Waals surface area contributed by atoms with Crippen LogP contribution in [-0.4, -0.2) is 64.9 Å². The Morgan fingerprint density at radius 1 is 1.04 bits per heavy atom. The molecular formula is C22H30N4O2. The first kappa shape index (κ1) is 20.0. The maximum atomic E-state index is 11.6. The predicted molar refractivity (Wildman–Crippen MR) is 114 cm³/mol. The zero-order chi connectivity index (χ0) is 19.9. The Balaban J connectivity index is 1.71. The number of benzene rings is 2. The molecule has 1 N–H and O–H groups in total. The molecule has 1 saturated heterocycles. The van der Waals surface area contributed by atoms with Crippen molar-refractivity contribution < 1.29 is 9.53 Å². The third kappa shape index (κ3) is 4.95. The Labute approximate surface area is 167 Å². The van der Waals surface area contributed by atoms with E-state index in [1.807, 2.05) is 20.2 Å². The quantitative estimate of drug-likeness (QED) is 0.832. The van der Waals surface area contributed by atoms with E-state index in [1.165, 1.54) is 18.4 Å². The first-order valence-corrected chi connectivity index (χ1v) is 9.71. The fourth-order valence-electron chi connectivity index (χ4n) is 3.64. The van der Waals surface area contributed by atoms with E-state index < -0.39 is 6.09 Å². The van der Waals surface area contributed by atoms with Crippen LogP contribution < -0.4 is 15.1 Å². The summed E-state index contributed by atoms with van der Waals surface area (Å²) in [6.07, 6.45) is -0.391. The number of piperazine rings is 1. The minimum atomic E-state index is -0.391. The molecule has 0 radical (unpaired) electrons. The smallest absolute Gasteiger partial charge is 0.406 e. The molecule has 0 aliphatic carbocycles. The van der Waals surface area contributed by atoms with Crippen molar-refractivity contribution in [2.75, 3.05) is 63.7 Å². The molecule has 1 fully saturated rings. The van der Waals surface area contributed by atoms with E-state index in [9.17, 15) is 4.79 Å². The van der Waals surface area contributed by atoms with Gasteiger partial charge >= 0.3 is 6.09 Å². The summed E-state index contributed by atoms with van der Waals surface area (Å²) >= 11 is 0. The van der Waals surface area contributed by atoms with E-state index in [0.29, 0.717) is 6.54 Å². The van der Waals surface area contributed by atoms with Gasteiger partial charge in [-0.25, -0.2) is 4.79 Å². The fraction of sp³-hybridized carbons (Fsp3) is 0.409. The predicted octanol–water partition coefficient (Wildman–Crippen LogP) is 2.97. The molecule has 1 aliphatic heterocycles. The van der Waals surface area contributed by atoms with E-state index >= 15 is 0 Å². The monoisotopic (exact) mass is 382 g/mol. The number of amides is 1. The minimum absolute atomic E-state index is 0.119. The molecule has 1 aliphatic rings. The normalized spacial score (nSPS) is 15.8. The van der Waals surface area contributed by atoms with Gasteiger partial charge in [-0.3, -0.25) is 4.90 Å². The van der Waals surface area contributed by atoms with Crippen LogP contribution >= 0.6 is 0 Å². The van der Waals surface area contributed by atoms with Crippen molar-refractivity contribution in [3.05, 3.63) is 60.2 Å². The molecule has 2 aromatic carbocycles. The number of alkyl carbamates (subject to hydrolysis) is 1. The fourth-order valence-corrected chi connectivity index (χ4v) is 3.64. The lowest BCUT2D eigenvalue weighted by molar-refractivity contribution is 0.154. The molecule has 1 heterocycles. The lowest BCUT2D eigenvalue weighted by Gasteiger charge is -2.40. The van der Waals surface area contributed by atoms with Gasteiger partial charge in [-0.1, -0.05) is 30.3 Å². The second kappa shape index (κ2) is 9.46. The van der Waals surface area contributed by atoms with Gasteiger partial charge in [0.25, 0.3) is 0 Å². The largest absolute Gasteiger partial charge is 0.453 e. The van der Waals surface area contributed by atoms with E-state index in [-0.39, 0.29) is 6.04 Å². The van der Waals surface area contributed by atoms with Gasteiger partial charge in [0.2, 0.25) is 0 Å². The van der Waals surface area contributed by atoms with Crippen LogP contribution in [-0.2, 0) is 4.74 Å². The molecule has 6 nitrogen and oxygen atoms in total. The Morgan fingerprint density at radius 3 is 2.25 bits per heavy atom.